The molecule has 1 heterocycles. The molecule has 0 saturated carbocycles. The molecule has 2 N–H and O–H groups in total. The van der Waals surface area contributed by atoms with Crippen molar-refractivity contribution >= 4 is 17.7 Å². The maximum absolute atomic E-state index is 13.0. The zero-order chi connectivity index (χ0) is 19.1. The van der Waals surface area contributed by atoms with Crippen molar-refractivity contribution in [3.63, 3.8) is 0 Å². The number of nitrogens with one attached hydrogen (secondary N) is 1. The molecule has 0 fully saturated rings. The van der Waals surface area contributed by atoms with Crippen LogP contribution < -0.4 is 5.32 Å². The summed E-state index contributed by atoms with van der Waals surface area (Å²) in [7, 11) is 0. The van der Waals surface area contributed by atoms with Gasteiger partial charge in [-0.25, -0.2) is 9.37 Å². The molecule has 0 aliphatic carbocycles. The van der Waals surface area contributed by atoms with Gasteiger partial charge in [0.25, 0.3) is 0 Å². The standard InChI is InChI=1S/C20H20FN3O2S/c21-17-8-6-16(7-9-17)14-27-20-23-11-18(13-25)24(20)12-19(26)22-10-15-4-2-1-3-5-15/h1-9,11,25H,10,12-14H2,(H,22,26). The molecule has 140 valence electrons. The van der Waals surface area contributed by atoms with Crippen LogP contribution in [0.3, 0.4) is 0 Å². The van der Waals surface area contributed by atoms with Gasteiger partial charge < -0.3 is 15.0 Å². The SMILES string of the molecule is O=C(Cn1c(CO)cnc1SCc1ccc(F)cc1)NCc1ccccc1. The Balaban J connectivity index is 1.62. The van der Waals surface area contributed by atoms with Gasteiger partial charge in [0, 0.05) is 12.3 Å². The molecule has 0 atom stereocenters. The molecule has 0 aliphatic heterocycles. The number of rotatable bonds is 8. The fourth-order valence-corrected chi connectivity index (χ4v) is 3.48. The summed E-state index contributed by atoms with van der Waals surface area (Å²) in [6, 6.07) is 15.9. The van der Waals surface area contributed by atoms with Gasteiger partial charge in [-0.05, 0) is 23.3 Å². The minimum absolute atomic E-state index is 0.0779. The van der Waals surface area contributed by atoms with Crippen molar-refractivity contribution in [1.82, 2.24) is 14.9 Å². The summed E-state index contributed by atoms with van der Waals surface area (Å²) in [4.78, 5) is 16.6. The maximum Gasteiger partial charge on any atom is 0.240 e. The molecule has 1 aromatic heterocycles. The summed E-state index contributed by atoms with van der Waals surface area (Å²) in [5.41, 5.74) is 2.55. The Kier molecular flexibility index (Phi) is 6.62. The molecule has 0 radical (unpaired) electrons. The van der Waals surface area contributed by atoms with Gasteiger partial charge in [-0.3, -0.25) is 4.79 Å². The fraction of sp³-hybridized carbons (Fsp3) is 0.200. The van der Waals surface area contributed by atoms with Gasteiger partial charge >= 0.3 is 0 Å². The monoisotopic (exact) mass is 385 g/mol. The van der Waals surface area contributed by atoms with E-state index in [-0.39, 0.29) is 24.9 Å². The number of benzene rings is 2. The molecule has 27 heavy (non-hydrogen) atoms. The van der Waals surface area contributed by atoms with Crippen molar-refractivity contribution in [2.45, 2.75) is 30.6 Å². The van der Waals surface area contributed by atoms with Crippen molar-refractivity contribution < 1.29 is 14.3 Å². The number of imidazole rings is 1. The lowest BCUT2D eigenvalue weighted by Crippen LogP contribution is -2.28. The average molecular weight is 385 g/mol. The molecule has 0 bridgehead atoms. The van der Waals surface area contributed by atoms with E-state index in [0.29, 0.717) is 23.1 Å². The first kappa shape index (κ1) is 19.1. The zero-order valence-electron chi connectivity index (χ0n) is 14.6. The largest absolute Gasteiger partial charge is 0.390 e. The minimum Gasteiger partial charge on any atom is -0.390 e. The first-order valence-corrected chi connectivity index (χ1v) is 9.47. The van der Waals surface area contributed by atoms with Gasteiger partial charge in [0.1, 0.15) is 12.4 Å². The summed E-state index contributed by atoms with van der Waals surface area (Å²) in [5.74, 6) is 0.159. The number of nitrogens with zero attached hydrogens (tertiary/aromatic N) is 2. The highest BCUT2D eigenvalue weighted by atomic mass is 32.2. The van der Waals surface area contributed by atoms with Crippen molar-refractivity contribution in [2.75, 3.05) is 0 Å². The third kappa shape index (κ3) is 5.42. The van der Waals surface area contributed by atoms with Crippen LogP contribution in [0.1, 0.15) is 16.8 Å². The highest BCUT2D eigenvalue weighted by Crippen LogP contribution is 2.23. The Hall–Kier alpha value is -2.64. The second-order valence-corrected chi connectivity index (χ2v) is 6.90. The Bertz CT molecular complexity index is 882. The Morgan fingerprint density at radius 3 is 2.56 bits per heavy atom. The number of thioether (sulfide) groups is 1. The van der Waals surface area contributed by atoms with Crippen LogP contribution in [0.2, 0.25) is 0 Å². The number of aliphatic hydroxyl groups excluding tert-OH is 1. The van der Waals surface area contributed by atoms with Crippen LogP contribution in [-0.4, -0.2) is 20.6 Å². The van der Waals surface area contributed by atoms with Crippen LogP contribution in [0, 0.1) is 5.82 Å². The van der Waals surface area contributed by atoms with Crippen molar-refractivity contribution in [3.8, 4) is 0 Å². The lowest BCUT2D eigenvalue weighted by Gasteiger charge is -2.11. The smallest absolute Gasteiger partial charge is 0.240 e. The number of amides is 1. The first-order valence-electron chi connectivity index (χ1n) is 8.49. The van der Waals surface area contributed by atoms with Crippen LogP contribution in [0.5, 0.6) is 0 Å². The topological polar surface area (TPSA) is 67.2 Å². The lowest BCUT2D eigenvalue weighted by molar-refractivity contribution is -0.122. The normalized spacial score (nSPS) is 10.7. The first-order chi connectivity index (χ1) is 13.2. The summed E-state index contributed by atoms with van der Waals surface area (Å²) >= 11 is 1.44. The van der Waals surface area contributed by atoms with Gasteiger partial charge in [-0.2, -0.15) is 0 Å². The number of aromatic nitrogens is 2. The molecule has 0 spiro atoms. The molecule has 1 amide bonds. The van der Waals surface area contributed by atoms with Gasteiger partial charge in [-0.15, -0.1) is 0 Å². The number of hydrogen-bond donors (Lipinski definition) is 2. The lowest BCUT2D eigenvalue weighted by atomic mass is 10.2. The molecule has 3 aromatic rings. The third-order valence-corrected chi connectivity index (χ3v) is 5.04. The van der Waals surface area contributed by atoms with Crippen LogP contribution >= 0.6 is 11.8 Å². The van der Waals surface area contributed by atoms with E-state index in [4.69, 9.17) is 0 Å². The fourth-order valence-electron chi connectivity index (χ4n) is 2.53. The molecule has 0 saturated heterocycles. The van der Waals surface area contributed by atoms with Crippen LogP contribution in [-0.2, 0) is 30.2 Å². The number of hydrogen-bond acceptors (Lipinski definition) is 4. The number of halogens is 1. The number of aliphatic hydroxyl groups is 1. The van der Waals surface area contributed by atoms with Crippen molar-refractivity contribution in [1.29, 1.82) is 0 Å². The molecular weight excluding hydrogens is 365 g/mol. The third-order valence-electron chi connectivity index (χ3n) is 3.98. The predicted molar refractivity (Wildman–Crippen MR) is 102 cm³/mol. The van der Waals surface area contributed by atoms with E-state index < -0.39 is 0 Å². The highest BCUT2D eigenvalue weighted by Gasteiger charge is 2.13. The molecule has 0 unspecified atom stereocenters. The Labute approximate surface area is 161 Å². The van der Waals surface area contributed by atoms with Gasteiger partial charge in [0.05, 0.1) is 18.5 Å². The van der Waals surface area contributed by atoms with E-state index in [2.05, 4.69) is 10.3 Å². The second kappa shape index (κ2) is 9.34. The van der Waals surface area contributed by atoms with E-state index in [1.165, 1.54) is 23.9 Å². The van der Waals surface area contributed by atoms with Crippen LogP contribution in [0.15, 0.2) is 66.0 Å². The molecule has 5 nitrogen and oxygen atoms in total. The zero-order valence-corrected chi connectivity index (χ0v) is 15.5. The quantitative estimate of drug-likeness (QED) is 0.585. The second-order valence-electron chi connectivity index (χ2n) is 5.95. The summed E-state index contributed by atoms with van der Waals surface area (Å²) in [6.45, 7) is 0.325. The van der Waals surface area contributed by atoms with Gasteiger partial charge in [0.2, 0.25) is 5.91 Å². The molecule has 2 aromatic carbocycles. The van der Waals surface area contributed by atoms with E-state index in [1.54, 1.807) is 22.9 Å². The number of carbonyl (C=O) groups excluding carboxylic acids is 1. The molecule has 0 aliphatic rings. The Morgan fingerprint density at radius 2 is 1.85 bits per heavy atom. The minimum atomic E-state index is -0.275. The maximum atomic E-state index is 13.0. The van der Waals surface area contributed by atoms with Crippen LogP contribution in [0.25, 0.3) is 0 Å². The van der Waals surface area contributed by atoms with Gasteiger partial charge in [0.15, 0.2) is 5.16 Å². The predicted octanol–water partition coefficient (Wildman–Crippen LogP) is 3.12. The van der Waals surface area contributed by atoms with E-state index in [1.807, 2.05) is 30.3 Å². The molecule has 7 heteroatoms. The van der Waals surface area contributed by atoms with Gasteiger partial charge in [-0.1, -0.05) is 54.2 Å². The van der Waals surface area contributed by atoms with Crippen molar-refractivity contribution in [2.24, 2.45) is 0 Å². The van der Waals surface area contributed by atoms with E-state index in [9.17, 15) is 14.3 Å². The average Bonchev–Trinajstić information content (AvgIpc) is 3.08. The van der Waals surface area contributed by atoms with Crippen molar-refractivity contribution in [3.05, 3.63) is 83.4 Å². The summed E-state index contributed by atoms with van der Waals surface area (Å²) in [5, 5.41) is 13.0. The highest BCUT2D eigenvalue weighted by molar-refractivity contribution is 7.98. The van der Waals surface area contributed by atoms with E-state index in [0.717, 1.165) is 11.1 Å². The van der Waals surface area contributed by atoms with E-state index >= 15 is 0 Å². The Morgan fingerprint density at radius 1 is 1.11 bits per heavy atom. The summed E-state index contributed by atoms with van der Waals surface area (Å²) in [6.07, 6.45) is 1.57. The molecular formula is C20H20FN3O2S. The van der Waals surface area contributed by atoms with Crippen LogP contribution in [0.4, 0.5) is 4.39 Å². The summed E-state index contributed by atoms with van der Waals surface area (Å²) < 4.78 is 14.7. The number of carbonyl (C=O) groups is 1. The molecule has 3 rings (SSSR count).